The molecule has 3 rings (SSSR count). The maximum Gasteiger partial charge on any atom is 0.267 e. The molecule has 0 spiro atoms. The van der Waals surface area contributed by atoms with Gasteiger partial charge < -0.3 is 5.32 Å². The van der Waals surface area contributed by atoms with Gasteiger partial charge in [-0.1, -0.05) is 35.9 Å². The predicted octanol–water partition coefficient (Wildman–Crippen LogP) is 3.20. The van der Waals surface area contributed by atoms with Crippen molar-refractivity contribution in [1.29, 1.82) is 0 Å². The average molecular weight is 367 g/mol. The van der Waals surface area contributed by atoms with E-state index in [1.54, 1.807) is 24.3 Å². The minimum atomic E-state index is -0.670. The quantitative estimate of drug-likeness (QED) is 0.728. The summed E-state index contributed by atoms with van der Waals surface area (Å²) < 4.78 is 1.25. The van der Waals surface area contributed by atoms with Crippen LogP contribution in [0.4, 0.5) is 0 Å². The number of aromatic nitrogens is 2. The highest BCUT2D eigenvalue weighted by Gasteiger charge is 2.17. The van der Waals surface area contributed by atoms with Gasteiger partial charge in [0.15, 0.2) is 0 Å². The van der Waals surface area contributed by atoms with Crippen LogP contribution >= 0.6 is 11.3 Å². The monoisotopic (exact) mass is 367 g/mol. The first-order valence-electron chi connectivity index (χ1n) is 8.51. The summed E-state index contributed by atoms with van der Waals surface area (Å²) in [5.41, 5.74) is 2.44. The summed E-state index contributed by atoms with van der Waals surface area (Å²) in [4.78, 5) is 25.8. The minimum Gasteiger partial charge on any atom is -0.354 e. The van der Waals surface area contributed by atoms with Crippen molar-refractivity contribution in [3.05, 3.63) is 74.7 Å². The molecular weight excluding hydrogens is 346 g/mol. The van der Waals surface area contributed by atoms with Crippen molar-refractivity contribution in [1.82, 2.24) is 15.1 Å². The second kappa shape index (κ2) is 8.10. The van der Waals surface area contributed by atoms with Crippen molar-refractivity contribution in [3.63, 3.8) is 0 Å². The molecule has 1 aromatic carbocycles. The lowest BCUT2D eigenvalue weighted by atomic mass is 10.1. The summed E-state index contributed by atoms with van der Waals surface area (Å²) in [7, 11) is 0. The Bertz CT molecular complexity index is 930. The van der Waals surface area contributed by atoms with E-state index in [2.05, 4.69) is 10.4 Å². The second-order valence-electron chi connectivity index (χ2n) is 6.16. The number of nitrogens with one attached hydrogen (secondary N) is 1. The molecule has 2 heterocycles. The van der Waals surface area contributed by atoms with E-state index >= 15 is 0 Å². The molecule has 0 radical (unpaired) electrons. The van der Waals surface area contributed by atoms with Crippen LogP contribution in [0, 0.1) is 6.92 Å². The summed E-state index contributed by atoms with van der Waals surface area (Å²) in [6.45, 7) is 4.24. The van der Waals surface area contributed by atoms with Crippen molar-refractivity contribution >= 4 is 17.2 Å². The van der Waals surface area contributed by atoms with Crippen LogP contribution in [-0.2, 0) is 11.2 Å². The van der Waals surface area contributed by atoms with E-state index in [9.17, 15) is 9.59 Å². The summed E-state index contributed by atoms with van der Waals surface area (Å²) in [6, 6.07) is 14.4. The summed E-state index contributed by atoms with van der Waals surface area (Å²) in [6.07, 6.45) is 0.780. The zero-order valence-electron chi connectivity index (χ0n) is 14.8. The Morgan fingerprint density at radius 2 is 1.96 bits per heavy atom. The highest BCUT2D eigenvalue weighted by molar-refractivity contribution is 7.09. The molecule has 6 heteroatoms. The molecule has 26 heavy (non-hydrogen) atoms. The number of carbonyl (C=O) groups excluding carboxylic acids is 1. The third-order valence-electron chi connectivity index (χ3n) is 4.17. The summed E-state index contributed by atoms with van der Waals surface area (Å²) in [5.74, 6) is -0.211. The van der Waals surface area contributed by atoms with Gasteiger partial charge in [0, 0.05) is 23.1 Å². The van der Waals surface area contributed by atoms with Gasteiger partial charge in [-0.3, -0.25) is 9.59 Å². The SMILES string of the molecule is Cc1ccc(-c2ccc(=O)n(C(C)C(=O)NCCc3cccs3)n2)cc1. The van der Waals surface area contributed by atoms with Gasteiger partial charge in [-0.15, -0.1) is 11.3 Å². The molecule has 1 N–H and O–H groups in total. The Labute approximate surface area is 156 Å². The fourth-order valence-electron chi connectivity index (χ4n) is 2.60. The highest BCUT2D eigenvalue weighted by Crippen LogP contribution is 2.16. The van der Waals surface area contributed by atoms with Gasteiger partial charge in [-0.25, -0.2) is 4.68 Å². The van der Waals surface area contributed by atoms with Gasteiger partial charge in [-0.2, -0.15) is 5.10 Å². The Hall–Kier alpha value is -2.73. The van der Waals surface area contributed by atoms with Gasteiger partial charge >= 0.3 is 0 Å². The summed E-state index contributed by atoms with van der Waals surface area (Å²) in [5, 5.41) is 9.29. The number of rotatable bonds is 6. The molecule has 2 aromatic heterocycles. The number of carbonyl (C=O) groups is 1. The summed E-state index contributed by atoms with van der Waals surface area (Å²) >= 11 is 1.66. The van der Waals surface area contributed by atoms with Crippen LogP contribution < -0.4 is 10.9 Å². The van der Waals surface area contributed by atoms with E-state index < -0.39 is 6.04 Å². The third-order valence-corrected chi connectivity index (χ3v) is 5.11. The number of hydrogen-bond acceptors (Lipinski definition) is 4. The first-order chi connectivity index (χ1) is 12.5. The van der Waals surface area contributed by atoms with Crippen molar-refractivity contribution in [3.8, 4) is 11.3 Å². The highest BCUT2D eigenvalue weighted by atomic mass is 32.1. The zero-order valence-corrected chi connectivity index (χ0v) is 15.6. The van der Waals surface area contributed by atoms with Crippen molar-refractivity contribution in [2.45, 2.75) is 26.3 Å². The molecule has 134 valence electrons. The first kappa shape index (κ1) is 18.1. The number of nitrogens with zero attached hydrogens (tertiary/aromatic N) is 2. The van der Waals surface area contributed by atoms with Crippen molar-refractivity contribution < 1.29 is 4.79 Å². The molecule has 1 unspecified atom stereocenters. The number of amides is 1. The van der Waals surface area contributed by atoms with Crippen LogP contribution in [0.5, 0.6) is 0 Å². The maximum atomic E-state index is 12.4. The van der Waals surface area contributed by atoms with Gasteiger partial charge in [0.25, 0.3) is 5.56 Å². The van der Waals surface area contributed by atoms with E-state index in [1.165, 1.54) is 15.6 Å². The fraction of sp³-hybridized carbons (Fsp3) is 0.250. The third kappa shape index (κ3) is 4.26. The lowest BCUT2D eigenvalue weighted by molar-refractivity contribution is -0.124. The maximum absolute atomic E-state index is 12.4. The molecule has 0 saturated carbocycles. The number of thiophene rings is 1. The minimum absolute atomic E-state index is 0.211. The van der Waals surface area contributed by atoms with E-state index in [0.717, 1.165) is 17.5 Å². The normalized spacial score (nSPS) is 11.9. The molecule has 0 bridgehead atoms. The molecule has 0 aliphatic heterocycles. The molecule has 5 nitrogen and oxygen atoms in total. The molecular formula is C20H21N3O2S. The molecule has 0 aliphatic rings. The second-order valence-corrected chi connectivity index (χ2v) is 7.20. The van der Waals surface area contributed by atoms with Gasteiger partial charge in [0.1, 0.15) is 6.04 Å². The van der Waals surface area contributed by atoms with Gasteiger partial charge in [0.05, 0.1) is 5.69 Å². The zero-order chi connectivity index (χ0) is 18.5. The Balaban J connectivity index is 1.72. The Kier molecular flexibility index (Phi) is 5.63. The molecule has 1 atom stereocenters. The van der Waals surface area contributed by atoms with Crippen LogP contribution in [0.15, 0.2) is 58.7 Å². The number of aryl methyl sites for hydroxylation is 1. The van der Waals surface area contributed by atoms with Crippen LogP contribution in [0.2, 0.25) is 0 Å². The van der Waals surface area contributed by atoms with Crippen LogP contribution in [0.3, 0.4) is 0 Å². The van der Waals surface area contributed by atoms with Crippen LogP contribution in [-0.4, -0.2) is 22.2 Å². The van der Waals surface area contributed by atoms with Crippen molar-refractivity contribution in [2.75, 3.05) is 6.54 Å². The first-order valence-corrected chi connectivity index (χ1v) is 9.39. The topological polar surface area (TPSA) is 64.0 Å². The fourth-order valence-corrected chi connectivity index (χ4v) is 3.31. The molecule has 1 amide bonds. The van der Waals surface area contributed by atoms with Gasteiger partial charge in [-0.05, 0) is 37.8 Å². The lowest BCUT2D eigenvalue weighted by Crippen LogP contribution is -2.37. The molecule has 0 aliphatic carbocycles. The van der Waals surface area contributed by atoms with Crippen molar-refractivity contribution in [2.24, 2.45) is 0 Å². The largest absolute Gasteiger partial charge is 0.354 e. The Morgan fingerprint density at radius 1 is 1.19 bits per heavy atom. The van der Waals surface area contributed by atoms with Crippen LogP contribution in [0.1, 0.15) is 23.4 Å². The van der Waals surface area contributed by atoms with Gasteiger partial charge in [0.2, 0.25) is 5.91 Å². The number of hydrogen-bond donors (Lipinski definition) is 1. The lowest BCUT2D eigenvalue weighted by Gasteiger charge is -2.15. The van der Waals surface area contributed by atoms with Crippen LogP contribution in [0.25, 0.3) is 11.3 Å². The average Bonchev–Trinajstić information content (AvgIpc) is 3.16. The van der Waals surface area contributed by atoms with E-state index in [0.29, 0.717) is 12.2 Å². The molecule has 0 saturated heterocycles. The predicted molar refractivity (Wildman–Crippen MR) is 104 cm³/mol. The number of benzene rings is 1. The van der Waals surface area contributed by atoms with E-state index in [4.69, 9.17) is 0 Å². The van der Waals surface area contributed by atoms with E-state index in [1.807, 2.05) is 48.7 Å². The smallest absolute Gasteiger partial charge is 0.267 e. The standard InChI is InChI=1S/C20H21N3O2S/c1-14-5-7-16(8-6-14)18-9-10-19(24)23(22-18)15(2)20(25)21-12-11-17-4-3-13-26-17/h3-10,13,15H,11-12H2,1-2H3,(H,21,25). The Morgan fingerprint density at radius 3 is 2.65 bits per heavy atom. The molecule has 0 fully saturated rings. The van der Waals surface area contributed by atoms with E-state index in [-0.39, 0.29) is 11.5 Å². The molecule has 3 aromatic rings.